The summed E-state index contributed by atoms with van der Waals surface area (Å²) in [7, 11) is 0. The van der Waals surface area contributed by atoms with Crippen molar-refractivity contribution in [2.24, 2.45) is 5.92 Å². The summed E-state index contributed by atoms with van der Waals surface area (Å²) in [6.07, 6.45) is 0.114. The fourth-order valence-corrected chi connectivity index (χ4v) is 3.88. The van der Waals surface area contributed by atoms with Gasteiger partial charge in [0, 0.05) is 18.7 Å². The third kappa shape index (κ3) is 4.84. The number of carbonyl (C=O) groups is 2. The first kappa shape index (κ1) is 21.2. The van der Waals surface area contributed by atoms with Crippen LogP contribution >= 0.6 is 23.2 Å². The molecule has 0 radical (unpaired) electrons. The molecule has 1 N–H and O–H groups in total. The van der Waals surface area contributed by atoms with Gasteiger partial charge in [-0.05, 0) is 61.0 Å². The molecule has 1 fully saturated rings. The maximum atomic E-state index is 12.7. The van der Waals surface area contributed by atoms with Gasteiger partial charge in [-0.3, -0.25) is 9.59 Å². The molecule has 0 saturated carbocycles. The molecule has 1 atom stereocenters. The second-order valence-corrected chi connectivity index (χ2v) is 8.20. The van der Waals surface area contributed by atoms with Crippen molar-refractivity contribution in [2.45, 2.75) is 13.3 Å². The van der Waals surface area contributed by atoms with Crippen LogP contribution in [0.3, 0.4) is 0 Å². The maximum absolute atomic E-state index is 12.7. The zero-order valence-corrected chi connectivity index (χ0v) is 18.3. The summed E-state index contributed by atoms with van der Waals surface area (Å²) in [4.78, 5) is 26.7. The lowest BCUT2D eigenvalue weighted by Gasteiger charge is -2.18. The van der Waals surface area contributed by atoms with Crippen molar-refractivity contribution in [3.05, 3.63) is 82.3 Å². The molecule has 1 heterocycles. The van der Waals surface area contributed by atoms with Crippen LogP contribution < -0.4 is 15.0 Å². The summed E-state index contributed by atoms with van der Waals surface area (Å²) >= 11 is 12.3. The number of hydrogen-bond donors (Lipinski definition) is 1. The van der Waals surface area contributed by atoms with Gasteiger partial charge in [0.1, 0.15) is 11.5 Å². The number of ether oxygens (including phenoxy) is 1. The number of amides is 2. The second-order valence-electron chi connectivity index (χ2n) is 7.41. The number of hydrogen-bond acceptors (Lipinski definition) is 3. The maximum Gasteiger partial charge on any atom is 0.229 e. The lowest BCUT2D eigenvalue weighted by atomic mass is 10.1. The van der Waals surface area contributed by atoms with Crippen LogP contribution in [0.1, 0.15) is 12.0 Å². The number of carbonyl (C=O) groups excluding carboxylic acids is 2. The van der Waals surface area contributed by atoms with Gasteiger partial charge >= 0.3 is 0 Å². The zero-order valence-electron chi connectivity index (χ0n) is 16.8. The Morgan fingerprint density at radius 2 is 1.77 bits per heavy atom. The third-order valence-electron chi connectivity index (χ3n) is 5.06. The van der Waals surface area contributed by atoms with E-state index in [2.05, 4.69) is 5.32 Å². The Morgan fingerprint density at radius 3 is 2.52 bits per heavy atom. The Labute approximate surface area is 190 Å². The molecule has 3 aromatic carbocycles. The number of nitrogens with one attached hydrogen (secondary N) is 1. The molecule has 0 bridgehead atoms. The van der Waals surface area contributed by atoms with E-state index in [1.165, 1.54) is 4.90 Å². The van der Waals surface area contributed by atoms with Gasteiger partial charge in [0.05, 0.1) is 21.7 Å². The van der Waals surface area contributed by atoms with E-state index in [1.807, 2.05) is 31.2 Å². The van der Waals surface area contributed by atoms with Crippen LogP contribution in [0.15, 0.2) is 66.7 Å². The Hall–Kier alpha value is -3.02. The molecule has 1 aliphatic heterocycles. The summed E-state index contributed by atoms with van der Waals surface area (Å²) in [6.45, 7) is 2.25. The first-order chi connectivity index (χ1) is 14.9. The topological polar surface area (TPSA) is 58.6 Å². The fraction of sp³-hybridized carbons (Fsp3) is 0.167. The molecule has 4 rings (SSSR count). The quantitative estimate of drug-likeness (QED) is 0.507. The molecular formula is C24H20Cl2N2O3. The highest BCUT2D eigenvalue weighted by atomic mass is 35.5. The van der Waals surface area contributed by atoms with Crippen molar-refractivity contribution in [3.8, 4) is 11.5 Å². The van der Waals surface area contributed by atoms with Gasteiger partial charge in [-0.2, -0.15) is 0 Å². The largest absolute Gasteiger partial charge is 0.457 e. The summed E-state index contributed by atoms with van der Waals surface area (Å²) in [6, 6.07) is 20.0. The molecule has 2 amide bonds. The van der Waals surface area contributed by atoms with Crippen LogP contribution in [-0.4, -0.2) is 18.4 Å². The van der Waals surface area contributed by atoms with Crippen LogP contribution in [-0.2, 0) is 9.59 Å². The molecule has 158 valence electrons. The van der Waals surface area contributed by atoms with Crippen molar-refractivity contribution >= 4 is 46.4 Å². The SMILES string of the molecule is Cc1cccc(Oc2ccc(NC(=O)[C@@H]3CC(=O)N(c4cccc(Cl)c4Cl)C3)cc2)c1. The van der Waals surface area contributed by atoms with E-state index < -0.39 is 5.92 Å². The smallest absolute Gasteiger partial charge is 0.229 e. The van der Waals surface area contributed by atoms with Gasteiger partial charge in [0.25, 0.3) is 0 Å². The monoisotopic (exact) mass is 454 g/mol. The molecule has 7 heteroatoms. The fourth-order valence-electron chi connectivity index (χ4n) is 3.48. The standard InChI is InChI=1S/C24H20Cl2N2O3/c1-15-4-2-5-19(12-15)31-18-10-8-17(9-11-18)27-24(30)16-13-22(29)28(14-16)21-7-3-6-20(25)23(21)26/h2-12,16H,13-14H2,1H3,(H,27,30)/t16-/m1/s1. The van der Waals surface area contributed by atoms with Gasteiger partial charge in [-0.1, -0.05) is 41.4 Å². The van der Waals surface area contributed by atoms with Gasteiger partial charge in [-0.15, -0.1) is 0 Å². The highest BCUT2D eigenvalue weighted by Crippen LogP contribution is 2.36. The zero-order chi connectivity index (χ0) is 22.0. The molecule has 1 saturated heterocycles. The van der Waals surface area contributed by atoms with E-state index in [4.69, 9.17) is 27.9 Å². The summed E-state index contributed by atoms with van der Waals surface area (Å²) < 4.78 is 5.83. The Morgan fingerprint density at radius 1 is 1.03 bits per heavy atom. The minimum atomic E-state index is -0.481. The molecule has 31 heavy (non-hydrogen) atoms. The number of nitrogens with zero attached hydrogens (tertiary/aromatic N) is 1. The van der Waals surface area contributed by atoms with E-state index in [-0.39, 0.29) is 24.8 Å². The average Bonchev–Trinajstić information content (AvgIpc) is 3.13. The van der Waals surface area contributed by atoms with E-state index in [9.17, 15) is 9.59 Å². The number of anilines is 2. The van der Waals surface area contributed by atoms with Crippen molar-refractivity contribution in [2.75, 3.05) is 16.8 Å². The van der Waals surface area contributed by atoms with Gasteiger partial charge in [-0.25, -0.2) is 0 Å². The Kier molecular flexibility index (Phi) is 6.16. The van der Waals surface area contributed by atoms with Crippen LogP contribution in [0.2, 0.25) is 10.0 Å². The minimum Gasteiger partial charge on any atom is -0.457 e. The predicted octanol–water partition coefficient (Wildman–Crippen LogP) is 6.09. The van der Waals surface area contributed by atoms with E-state index in [0.717, 1.165) is 11.3 Å². The molecule has 0 aromatic heterocycles. The summed E-state index contributed by atoms with van der Waals surface area (Å²) in [5.74, 6) is 0.556. The first-order valence-electron chi connectivity index (χ1n) is 9.80. The van der Waals surface area contributed by atoms with Gasteiger partial charge in [0.15, 0.2) is 0 Å². The first-order valence-corrected chi connectivity index (χ1v) is 10.6. The molecule has 0 unspecified atom stereocenters. The van der Waals surface area contributed by atoms with Gasteiger partial charge < -0.3 is 15.0 Å². The van der Waals surface area contributed by atoms with E-state index in [1.54, 1.807) is 42.5 Å². The Balaban J connectivity index is 1.39. The normalized spacial score (nSPS) is 15.8. The van der Waals surface area contributed by atoms with Crippen LogP contribution in [0.25, 0.3) is 0 Å². The predicted molar refractivity (Wildman–Crippen MR) is 123 cm³/mol. The molecular weight excluding hydrogens is 435 g/mol. The molecule has 5 nitrogen and oxygen atoms in total. The van der Waals surface area contributed by atoms with Crippen molar-refractivity contribution < 1.29 is 14.3 Å². The van der Waals surface area contributed by atoms with Crippen molar-refractivity contribution in [1.82, 2.24) is 0 Å². The van der Waals surface area contributed by atoms with Crippen LogP contribution in [0.5, 0.6) is 11.5 Å². The average molecular weight is 455 g/mol. The number of rotatable bonds is 5. The minimum absolute atomic E-state index is 0.114. The summed E-state index contributed by atoms with van der Waals surface area (Å²) in [5, 5.41) is 3.55. The highest BCUT2D eigenvalue weighted by Gasteiger charge is 2.36. The van der Waals surface area contributed by atoms with E-state index in [0.29, 0.717) is 27.2 Å². The number of aryl methyl sites for hydroxylation is 1. The van der Waals surface area contributed by atoms with Crippen LogP contribution in [0, 0.1) is 12.8 Å². The van der Waals surface area contributed by atoms with Crippen LogP contribution in [0.4, 0.5) is 11.4 Å². The van der Waals surface area contributed by atoms with Gasteiger partial charge in [0.2, 0.25) is 11.8 Å². The highest BCUT2D eigenvalue weighted by molar-refractivity contribution is 6.44. The lowest BCUT2D eigenvalue weighted by Crippen LogP contribution is -2.28. The molecule has 3 aromatic rings. The number of benzene rings is 3. The molecule has 1 aliphatic rings. The van der Waals surface area contributed by atoms with Crippen molar-refractivity contribution in [3.63, 3.8) is 0 Å². The van der Waals surface area contributed by atoms with E-state index >= 15 is 0 Å². The van der Waals surface area contributed by atoms with Crippen molar-refractivity contribution in [1.29, 1.82) is 0 Å². The molecule has 0 aliphatic carbocycles. The number of halogens is 2. The summed E-state index contributed by atoms with van der Waals surface area (Å²) in [5.41, 5.74) is 2.26. The Bertz CT molecular complexity index is 1130. The third-order valence-corrected chi connectivity index (χ3v) is 5.87. The molecule has 0 spiro atoms. The second kappa shape index (κ2) is 9.00. The lowest BCUT2D eigenvalue weighted by molar-refractivity contribution is -0.122.